The van der Waals surface area contributed by atoms with Crippen molar-refractivity contribution in [2.45, 2.75) is 24.9 Å². The first-order chi connectivity index (χ1) is 12.9. The van der Waals surface area contributed by atoms with E-state index in [0.29, 0.717) is 0 Å². The highest BCUT2D eigenvalue weighted by atomic mass is 19.1. The van der Waals surface area contributed by atoms with Crippen LogP contribution in [-0.4, -0.2) is 71.1 Å². The number of piperidine rings is 1. The first kappa shape index (κ1) is 18.0. The molecule has 0 radical (unpaired) electrons. The Kier molecular flexibility index (Phi) is 4.42. The molecular formula is C20H26FN5O. The molecule has 144 valence electrons. The zero-order chi connectivity index (χ0) is 19.2. The number of rotatable bonds is 1. The smallest absolute Gasteiger partial charge is 0.319 e. The lowest BCUT2D eigenvalue weighted by atomic mass is 9.83. The second-order valence-corrected chi connectivity index (χ2v) is 7.74. The van der Waals surface area contributed by atoms with E-state index < -0.39 is 0 Å². The molecule has 2 aliphatic rings. The van der Waals surface area contributed by atoms with E-state index in [0.717, 1.165) is 56.1 Å². The minimum Gasteiger partial charge on any atom is -0.331 e. The van der Waals surface area contributed by atoms with Gasteiger partial charge in [0.2, 0.25) is 0 Å². The maximum Gasteiger partial charge on any atom is 0.319 e. The van der Waals surface area contributed by atoms with E-state index in [1.54, 1.807) is 19.0 Å². The fourth-order valence-electron chi connectivity index (χ4n) is 4.42. The van der Waals surface area contributed by atoms with Crippen LogP contribution in [0.2, 0.25) is 0 Å². The average Bonchev–Trinajstić information content (AvgIpc) is 3.10. The molecule has 1 fully saturated rings. The molecule has 6 nitrogen and oxygen atoms in total. The molecular weight excluding hydrogens is 345 g/mol. The molecule has 1 aromatic heterocycles. The van der Waals surface area contributed by atoms with Gasteiger partial charge in [0.05, 0.1) is 17.4 Å². The van der Waals surface area contributed by atoms with Crippen LogP contribution < -0.4 is 0 Å². The summed E-state index contributed by atoms with van der Waals surface area (Å²) in [5, 5.41) is 0. The normalized spacial score (nSPS) is 19.2. The van der Waals surface area contributed by atoms with E-state index >= 15 is 0 Å². The molecule has 2 aromatic rings. The number of carbonyl (C=O) groups is 1. The zero-order valence-corrected chi connectivity index (χ0v) is 16.2. The molecule has 1 saturated heterocycles. The fourth-order valence-corrected chi connectivity index (χ4v) is 4.42. The fraction of sp³-hybridized carbons (Fsp3) is 0.500. The number of imidazole rings is 1. The third-order valence-electron chi connectivity index (χ3n) is 6.05. The van der Waals surface area contributed by atoms with Gasteiger partial charge in [0.25, 0.3) is 0 Å². The van der Waals surface area contributed by atoms with Crippen LogP contribution in [-0.2, 0) is 12.1 Å². The summed E-state index contributed by atoms with van der Waals surface area (Å²) >= 11 is 0. The van der Waals surface area contributed by atoms with Crippen LogP contribution in [0.1, 0.15) is 18.7 Å². The Morgan fingerprint density at radius 2 is 1.78 bits per heavy atom. The van der Waals surface area contributed by atoms with E-state index in [9.17, 15) is 9.18 Å². The van der Waals surface area contributed by atoms with Gasteiger partial charge in [-0.2, -0.15) is 0 Å². The van der Waals surface area contributed by atoms with Gasteiger partial charge in [0, 0.05) is 40.3 Å². The molecule has 0 aliphatic carbocycles. The van der Waals surface area contributed by atoms with Crippen LogP contribution >= 0.6 is 0 Å². The first-order valence-electron chi connectivity index (χ1n) is 9.42. The van der Waals surface area contributed by atoms with E-state index in [1.807, 2.05) is 23.2 Å². The molecule has 4 rings (SSSR count). The lowest BCUT2D eigenvalue weighted by Crippen LogP contribution is -2.57. The second-order valence-electron chi connectivity index (χ2n) is 7.74. The number of amides is 2. The summed E-state index contributed by atoms with van der Waals surface area (Å²) in [6.45, 7) is 3.24. The highest BCUT2D eigenvalue weighted by Gasteiger charge is 2.46. The van der Waals surface area contributed by atoms with Crippen LogP contribution in [0.15, 0.2) is 30.5 Å². The van der Waals surface area contributed by atoms with Crippen LogP contribution in [0.4, 0.5) is 9.18 Å². The number of likely N-dealkylation sites (N-methyl/N-ethyl adjacent to an activating group) is 1. The quantitative estimate of drug-likeness (QED) is 0.774. The molecule has 27 heavy (non-hydrogen) atoms. The first-order valence-corrected chi connectivity index (χ1v) is 9.42. The van der Waals surface area contributed by atoms with Gasteiger partial charge in [-0.15, -0.1) is 0 Å². The van der Waals surface area contributed by atoms with Crippen molar-refractivity contribution < 1.29 is 9.18 Å². The summed E-state index contributed by atoms with van der Waals surface area (Å²) in [5.74, 6) is 0.832. The van der Waals surface area contributed by atoms with Gasteiger partial charge in [-0.05, 0) is 49.7 Å². The van der Waals surface area contributed by atoms with Gasteiger partial charge in [-0.3, -0.25) is 4.90 Å². The van der Waals surface area contributed by atoms with Crippen LogP contribution in [0, 0.1) is 5.82 Å². The number of hydrogen-bond acceptors (Lipinski definition) is 3. The second kappa shape index (κ2) is 6.64. The Morgan fingerprint density at radius 3 is 2.41 bits per heavy atom. The van der Waals surface area contributed by atoms with E-state index in [4.69, 9.17) is 4.98 Å². The van der Waals surface area contributed by atoms with E-state index in [2.05, 4.69) is 16.5 Å². The predicted octanol–water partition coefficient (Wildman–Crippen LogP) is 2.61. The number of carbonyl (C=O) groups excluding carboxylic acids is 1. The molecule has 0 N–H and O–H groups in total. The molecule has 0 unspecified atom stereocenters. The Morgan fingerprint density at radius 1 is 1.11 bits per heavy atom. The molecule has 0 bridgehead atoms. The number of likely N-dealkylation sites (tertiary alicyclic amines) is 1. The van der Waals surface area contributed by atoms with Crippen LogP contribution in [0.25, 0.3) is 11.3 Å². The molecule has 0 saturated carbocycles. The van der Waals surface area contributed by atoms with E-state index in [-0.39, 0.29) is 17.4 Å². The van der Waals surface area contributed by atoms with Crippen molar-refractivity contribution in [1.29, 1.82) is 0 Å². The number of hydrogen-bond donors (Lipinski definition) is 0. The molecule has 0 atom stereocenters. The van der Waals surface area contributed by atoms with Crippen LogP contribution in [0.5, 0.6) is 0 Å². The Balaban J connectivity index is 1.65. The van der Waals surface area contributed by atoms with Gasteiger partial charge in [0.1, 0.15) is 11.6 Å². The summed E-state index contributed by atoms with van der Waals surface area (Å²) in [5.41, 5.74) is 1.86. The van der Waals surface area contributed by atoms with Crippen molar-refractivity contribution in [2.75, 3.05) is 40.8 Å². The Bertz CT molecular complexity index is 837. The monoisotopic (exact) mass is 371 g/mol. The summed E-state index contributed by atoms with van der Waals surface area (Å²) in [6.07, 6.45) is 3.63. The van der Waals surface area contributed by atoms with Gasteiger partial charge in [-0.25, -0.2) is 14.2 Å². The maximum absolute atomic E-state index is 13.3. The largest absolute Gasteiger partial charge is 0.331 e. The average molecular weight is 371 g/mol. The molecule has 1 spiro atoms. The number of halogens is 1. The van der Waals surface area contributed by atoms with Crippen molar-refractivity contribution in [3.05, 3.63) is 42.1 Å². The lowest BCUT2D eigenvalue weighted by Gasteiger charge is -2.49. The number of fused-ring (bicyclic) bond motifs is 2. The highest BCUT2D eigenvalue weighted by Crippen LogP contribution is 2.41. The van der Waals surface area contributed by atoms with Gasteiger partial charge in [-0.1, -0.05) is 0 Å². The van der Waals surface area contributed by atoms with E-state index in [1.165, 1.54) is 12.1 Å². The minimum absolute atomic E-state index is 0.0682. The minimum atomic E-state index is -0.230. The number of urea groups is 1. The van der Waals surface area contributed by atoms with Crippen molar-refractivity contribution in [1.82, 2.24) is 24.3 Å². The molecule has 1 aromatic carbocycles. The van der Waals surface area contributed by atoms with Crippen molar-refractivity contribution in [3.8, 4) is 11.3 Å². The summed E-state index contributed by atoms with van der Waals surface area (Å²) < 4.78 is 15.6. The SMILES string of the molecule is CN(C)C(=O)N1CCC2(CC1)c1ncc(-c3ccc(F)cc3)n1CCN2C. The zero-order valence-electron chi connectivity index (χ0n) is 16.2. The summed E-state index contributed by atoms with van der Waals surface area (Å²) in [6, 6.07) is 6.67. The third kappa shape index (κ3) is 2.90. The van der Waals surface area contributed by atoms with Crippen molar-refractivity contribution in [3.63, 3.8) is 0 Å². The summed E-state index contributed by atoms with van der Waals surface area (Å²) in [4.78, 5) is 23.0. The molecule has 7 heteroatoms. The van der Waals surface area contributed by atoms with Gasteiger partial charge >= 0.3 is 6.03 Å². The van der Waals surface area contributed by atoms with Gasteiger partial charge in [0.15, 0.2) is 0 Å². The number of benzene rings is 1. The van der Waals surface area contributed by atoms with Crippen molar-refractivity contribution in [2.24, 2.45) is 0 Å². The topological polar surface area (TPSA) is 44.6 Å². The number of nitrogens with zero attached hydrogens (tertiary/aromatic N) is 5. The highest BCUT2D eigenvalue weighted by molar-refractivity contribution is 5.74. The third-order valence-corrected chi connectivity index (χ3v) is 6.05. The standard InChI is InChI=1S/C20H26FN5O/c1-23(2)19(27)25-10-8-20(9-11-25)18-22-14-17(26(18)13-12-24(20)3)15-4-6-16(21)7-5-15/h4-7,14H,8-13H2,1-3H3. The van der Waals surface area contributed by atoms with Crippen molar-refractivity contribution >= 4 is 6.03 Å². The van der Waals surface area contributed by atoms with Gasteiger partial charge < -0.3 is 14.4 Å². The molecule has 2 amide bonds. The maximum atomic E-state index is 13.3. The van der Waals surface area contributed by atoms with Crippen LogP contribution in [0.3, 0.4) is 0 Å². The molecule has 3 heterocycles. The Hall–Kier alpha value is -2.41. The summed E-state index contributed by atoms with van der Waals surface area (Å²) in [7, 11) is 5.74. The Labute approximate surface area is 159 Å². The predicted molar refractivity (Wildman–Crippen MR) is 102 cm³/mol. The molecule has 2 aliphatic heterocycles. The number of aromatic nitrogens is 2. The lowest BCUT2D eigenvalue weighted by molar-refractivity contribution is 0.0158.